The van der Waals surface area contributed by atoms with E-state index in [1.807, 2.05) is 20.8 Å². The van der Waals surface area contributed by atoms with E-state index in [4.69, 9.17) is 4.74 Å². The molecule has 0 bridgehead atoms. The molecule has 1 aromatic carbocycles. The Morgan fingerprint density at radius 3 is 2.65 bits per heavy atom. The quantitative estimate of drug-likeness (QED) is 0.633. The van der Waals surface area contributed by atoms with Crippen molar-refractivity contribution < 1.29 is 24.9 Å². The predicted molar refractivity (Wildman–Crippen MR) is 84.5 cm³/mol. The summed E-state index contributed by atoms with van der Waals surface area (Å²) < 4.78 is 5.34. The monoisotopic (exact) mass is 324 g/mol. The van der Waals surface area contributed by atoms with Gasteiger partial charge in [0.05, 0.1) is 0 Å². The van der Waals surface area contributed by atoms with E-state index in [1.54, 1.807) is 4.90 Å². The van der Waals surface area contributed by atoms with Crippen LogP contribution in [0, 0.1) is 0 Å². The highest BCUT2D eigenvalue weighted by Crippen LogP contribution is 2.36. The van der Waals surface area contributed by atoms with E-state index < -0.39 is 11.4 Å². The molecule has 1 fully saturated rings. The van der Waals surface area contributed by atoms with Crippen LogP contribution >= 0.6 is 0 Å². The summed E-state index contributed by atoms with van der Waals surface area (Å²) in [6, 6.07) is 2.95. The van der Waals surface area contributed by atoms with Crippen LogP contribution in [-0.2, 0) is 11.3 Å². The summed E-state index contributed by atoms with van der Waals surface area (Å²) in [5.41, 5.74) is -0.0335. The number of hydrogen-bond donors (Lipinski definition) is 4. The van der Waals surface area contributed by atoms with E-state index in [1.165, 1.54) is 12.1 Å². The van der Waals surface area contributed by atoms with Crippen LogP contribution in [-0.4, -0.2) is 51.0 Å². The third-order valence-corrected chi connectivity index (χ3v) is 3.63. The van der Waals surface area contributed by atoms with Crippen molar-refractivity contribution in [3.63, 3.8) is 0 Å². The van der Waals surface area contributed by atoms with Crippen molar-refractivity contribution in [3.8, 4) is 17.2 Å². The van der Waals surface area contributed by atoms with Crippen LogP contribution in [0.5, 0.6) is 17.2 Å². The molecule has 2 rings (SSSR count). The van der Waals surface area contributed by atoms with Crippen molar-refractivity contribution in [3.05, 3.63) is 17.7 Å². The lowest BCUT2D eigenvalue weighted by Crippen LogP contribution is -2.38. The molecule has 0 saturated carbocycles. The maximum absolute atomic E-state index is 12.0. The molecule has 7 nitrogen and oxygen atoms in total. The number of benzene rings is 1. The molecule has 0 aliphatic carbocycles. The number of rotatable bonds is 3. The highest BCUT2D eigenvalue weighted by molar-refractivity contribution is 5.68. The summed E-state index contributed by atoms with van der Waals surface area (Å²) in [5.74, 6) is -1.21. The number of amides is 1. The number of carbonyl (C=O) groups is 1. The van der Waals surface area contributed by atoms with Gasteiger partial charge in [-0.15, -0.1) is 0 Å². The predicted octanol–water partition coefficient (Wildman–Crippen LogP) is 1.90. The minimum atomic E-state index is -0.522. The Balaban J connectivity index is 1.87. The van der Waals surface area contributed by atoms with E-state index in [-0.39, 0.29) is 23.6 Å². The van der Waals surface area contributed by atoms with Crippen molar-refractivity contribution >= 4 is 6.09 Å². The highest BCUT2D eigenvalue weighted by atomic mass is 16.6. The molecule has 0 aromatic heterocycles. The van der Waals surface area contributed by atoms with E-state index in [9.17, 15) is 20.1 Å². The molecule has 23 heavy (non-hydrogen) atoms. The van der Waals surface area contributed by atoms with Crippen molar-refractivity contribution in [2.75, 3.05) is 13.1 Å². The van der Waals surface area contributed by atoms with Crippen LogP contribution in [0.1, 0.15) is 32.8 Å². The molecule has 1 amide bonds. The first kappa shape index (κ1) is 17.2. The number of phenols is 3. The summed E-state index contributed by atoms with van der Waals surface area (Å²) in [7, 11) is 0. The summed E-state index contributed by atoms with van der Waals surface area (Å²) in [6.45, 7) is 6.95. The number of likely N-dealkylation sites (tertiary alicyclic amines) is 1. The summed E-state index contributed by atoms with van der Waals surface area (Å²) in [4.78, 5) is 13.6. The van der Waals surface area contributed by atoms with Crippen LogP contribution < -0.4 is 5.32 Å². The Kier molecular flexibility index (Phi) is 4.89. The summed E-state index contributed by atoms with van der Waals surface area (Å²) in [5, 5.41) is 31.8. The van der Waals surface area contributed by atoms with Gasteiger partial charge in [0.15, 0.2) is 11.5 Å². The van der Waals surface area contributed by atoms with Crippen LogP contribution in [0.25, 0.3) is 0 Å². The van der Waals surface area contributed by atoms with Crippen LogP contribution in [0.2, 0.25) is 0 Å². The van der Waals surface area contributed by atoms with Gasteiger partial charge in [-0.05, 0) is 33.3 Å². The normalized spacial score (nSPS) is 18.2. The molecule has 1 aliphatic heterocycles. The third-order valence-electron chi connectivity index (χ3n) is 3.63. The van der Waals surface area contributed by atoms with E-state index in [0.717, 1.165) is 6.42 Å². The zero-order valence-corrected chi connectivity index (χ0v) is 13.7. The molecule has 1 heterocycles. The van der Waals surface area contributed by atoms with Crippen LogP contribution in [0.15, 0.2) is 12.1 Å². The molecule has 1 atom stereocenters. The largest absolute Gasteiger partial charge is 0.504 e. The van der Waals surface area contributed by atoms with Gasteiger partial charge in [0.1, 0.15) is 5.60 Å². The Labute approximate surface area is 135 Å². The minimum absolute atomic E-state index is 0.0814. The number of aromatic hydroxyl groups is 3. The lowest BCUT2D eigenvalue weighted by atomic mass is 10.1. The van der Waals surface area contributed by atoms with Crippen molar-refractivity contribution in [2.45, 2.75) is 45.4 Å². The fraction of sp³-hybridized carbons (Fsp3) is 0.562. The fourth-order valence-corrected chi connectivity index (χ4v) is 2.43. The molecule has 128 valence electrons. The number of nitrogens with zero attached hydrogens (tertiary/aromatic N) is 1. The van der Waals surface area contributed by atoms with Gasteiger partial charge in [-0.1, -0.05) is 6.07 Å². The Morgan fingerprint density at radius 1 is 1.30 bits per heavy atom. The summed E-state index contributed by atoms with van der Waals surface area (Å²) in [6.07, 6.45) is 0.455. The van der Waals surface area contributed by atoms with Crippen LogP contribution in [0.4, 0.5) is 4.79 Å². The fourth-order valence-electron chi connectivity index (χ4n) is 2.43. The second kappa shape index (κ2) is 6.54. The lowest BCUT2D eigenvalue weighted by Gasteiger charge is -2.24. The Bertz CT molecular complexity index is 583. The number of phenolic OH excluding ortho intramolecular Hbond substituents is 3. The van der Waals surface area contributed by atoms with Gasteiger partial charge in [0.2, 0.25) is 5.75 Å². The SMILES string of the molecule is CC(C)(C)OC(=O)N1CCC(NCc2ccc(O)c(O)c2O)C1. The van der Waals surface area contributed by atoms with Crippen molar-refractivity contribution in [1.29, 1.82) is 0 Å². The Morgan fingerprint density at radius 2 is 2.00 bits per heavy atom. The molecule has 0 radical (unpaired) electrons. The molecular weight excluding hydrogens is 300 g/mol. The first-order chi connectivity index (χ1) is 10.7. The van der Waals surface area contributed by atoms with E-state index in [2.05, 4.69) is 5.32 Å². The summed E-state index contributed by atoms with van der Waals surface area (Å²) >= 11 is 0. The second-order valence-electron chi connectivity index (χ2n) is 6.73. The number of hydrogen-bond acceptors (Lipinski definition) is 6. The van der Waals surface area contributed by atoms with Gasteiger partial charge >= 0.3 is 6.09 Å². The molecule has 1 unspecified atom stereocenters. The van der Waals surface area contributed by atoms with Crippen molar-refractivity contribution in [1.82, 2.24) is 10.2 Å². The topological polar surface area (TPSA) is 102 Å². The third kappa shape index (κ3) is 4.41. The lowest BCUT2D eigenvalue weighted by molar-refractivity contribution is 0.0291. The van der Waals surface area contributed by atoms with Crippen LogP contribution in [0.3, 0.4) is 0 Å². The molecule has 4 N–H and O–H groups in total. The molecule has 1 saturated heterocycles. The van der Waals surface area contributed by atoms with Gasteiger partial charge in [-0.3, -0.25) is 0 Å². The maximum Gasteiger partial charge on any atom is 0.410 e. The van der Waals surface area contributed by atoms with Gasteiger partial charge < -0.3 is 30.3 Å². The molecule has 1 aromatic rings. The maximum atomic E-state index is 12.0. The average Bonchev–Trinajstić information content (AvgIpc) is 2.91. The first-order valence-corrected chi connectivity index (χ1v) is 7.61. The average molecular weight is 324 g/mol. The van der Waals surface area contributed by atoms with Crippen molar-refractivity contribution in [2.24, 2.45) is 0 Å². The second-order valence-corrected chi connectivity index (χ2v) is 6.73. The zero-order chi connectivity index (χ0) is 17.2. The first-order valence-electron chi connectivity index (χ1n) is 7.61. The molecule has 0 spiro atoms. The molecule has 7 heteroatoms. The smallest absolute Gasteiger partial charge is 0.410 e. The van der Waals surface area contributed by atoms with Gasteiger partial charge in [0, 0.05) is 31.2 Å². The molecule has 1 aliphatic rings. The highest BCUT2D eigenvalue weighted by Gasteiger charge is 2.29. The number of carbonyl (C=O) groups excluding carboxylic acids is 1. The molecular formula is C16H24N2O5. The number of ether oxygens (including phenoxy) is 1. The van der Waals surface area contributed by atoms with E-state index in [0.29, 0.717) is 25.2 Å². The van der Waals surface area contributed by atoms with Gasteiger partial charge in [-0.2, -0.15) is 0 Å². The van der Waals surface area contributed by atoms with Gasteiger partial charge in [0.25, 0.3) is 0 Å². The zero-order valence-electron chi connectivity index (χ0n) is 13.7. The standard InChI is InChI=1S/C16H24N2O5/c1-16(2,3)23-15(22)18-7-6-11(9-18)17-8-10-4-5-12(19)14(21)13(10)20/h4-5,11,17,19-21H,6-9H2,1-3H3. The number of nitrogens with one attached hydrogen (secondary N) is 1. The minimum Gasteiger partial charge on any atom is -0.504 e. The Hall–Kier alpha value is -2.15. The van der Waals surface area contributed by atoms with E-state index >= 15 is 0 Å². The van der Waals surface area contributed by atoms with Gasteiger partial charge in [-0.25, -0.2) is 4.79 Å².